The minimum absolute atomic E-state index is 0.113. The van der Waals surface area contributed by atoms with Crippen molar-refractivity contribution in [1.82, 2.24) is 10.2 Å². The number of hydrogen-bond donors (Lipinski definition) is 1. The highest BCUT2D eigenvalue weighted by Crippen LogP contribution is 2.11. The zero-order chi connectivity index (χ0) is 12.8. The lowest BCUT2D eigenvalue weighted by molar-refractivity contribution is 0.0784. The molecule has 1 aliphatic heterocycles. The Morgan fingerprint density at radius 1 is 1.39 bits per heavy atom. The highest BCUT2D eigenvalue weighted by atomic mass is 16.6. The van der Waals surface area contributed by atoms with Gasteiger partial charge in [-0.15, -0.1) is 0 Å². The standard InChI is InChI=1S/C14H20N2O2/c1-16(13-9-5-6-10-15-13)14(17)18-11-12-7-3-2-4-8-12/h2-4,7-8,13,15H,5-6,9-11H2,1H3. The number of carbonyl (C=O) groups excluding carboxylic acids is 1. The van der Waals surface area contributed by atoms with Crippen LogP contribution in [0, 0.1) is 0 Å². The van der Waals surface area contributed by atoms with Crippen molar-refractivity contribution in [2.75, 3.05) is 13.6 Å². The maximum atomic E-state index is 11.9. The van der Waals surface area contributed by atoms with Crippen LogP contribution in [0.25, 0.3) is 0 Å². The minimum Gasteiger partial charge on any atom is -0.445 e. The van der Waals surface area contributed by atoms with Crippen molar-refractivity contribution in [3.05, 3.63) is 35.9 Å². The second-order valence-electron chi connectivity index (χ2n) is 4.62. The van der Waals surface area contributed by atoms with E-state index in [0.29, 0.717) is 6.61 Å². The van der Waals surface area contributed by atoms with Crippen molar-refractivity contribution < 1.29 is 9.53 Å². The topological polar surface area (TPSA) is 41.6 Å². The Hall–Kier alpha value is -1.55. The number of amides is 1. The molecule has 4 heteroatoms. The van der Waals surface area contributed by atoms with E-state index < -0.39 is 0 Å². The van der Waals surface area contributed by atoms with E-state index in [4.69, 9.17) is 4.74 Å². The van der Waals surface area contributed by atoms with Crippen LogP contribution in [0.1, 0.15) is 24.8 Å². The fraction of sp³-hybridized carbons (Fsp3) is 0.500. The van der Waals surface area contributed by atoms with Gasteiger partial charge in [-0.3, -0.25) is 10.2 Å². The molecule has 2 rings (SSSR count). The highest BCUT2D eigenvalue weighted by molar-refractivity contribution is 5.67. The van der Waals surface area contributed by atoms with Gasteiger partial charge < -0.3 is 4.74 Å². The van der Waals surface area contributed by atoms with E-state index >= 15 is 0 Å². The third-order valence-corrected chi connectivity index (χ3v) is 3.24. The molecule has 1 aromatic rings. The number of benzene rings is 1. The monoisotopic (exact) mass is 248 g/mol. The van der Waals surface area contributed by atoms with Crippen LogP contribution in [-0.4, -0.2) is 30.8 Å². The van der Waals surface area contributed by atoms with Crippen LogP contribution in [-0.2, 0) is 11.3 Å². The molecule has 98 valence electrons. The summed E-state index contributed by atoms with van der Waals surface area (Å²) in [5.74, 6) is 0. The van der Waals surface area contributed by atoms with Crippen LogP contribution in [0.15, 0.2) is 30.3 Å². The molecular weight excluding hydrogens is 228 g/mol. The summed E-state index contributed by atoms with van der Waals surface area (Å²) in [6.45, 7) is 1.30. The lowest BCUT2D eigenvalue weighted by Crippen LogP contribution is -2.48. The fourth-order valence-corrected chi connectivity index (χ4v) is 2.11. The van der Waals surface area contributed by atoms with Crippen molar-refractivity contribution in [2.24, 2.45) is 0 Å². The first kappa shape index (κ1) is 12.9. The lowest BCUT2D eigenvalue weighted by Gasteiger charge is -2.31. The van der Waals surface area contributed by atoms with Crippen LogP contribution in [0.4, 0.5) is 4.79 Å². The number of nitrogens with zero attached hydrogens (tertiary/aromatic N) is 1. The summed E-state index contributed by atoms with van der Waals surface area (Å²) in [5, 5.41) is 3.32. The van der Waals surface area contributed by atoms with Gasteiger partial charge in [0, 0.05) is 7.05 Å². The van der Waals surface area contributed by atoms with Gasteiger partial charge in [0.05, 0.1) is 6.17 Å². The van der Waals surface area contributed by atoms with E-state index in [-0.39, 0.29) is 12.3 Å². The zero-order valence-electron chi connectivity index (χ0n) is 10.8. The zero-order valence-corrected chi connectivity index (χ0v) is 10.8. The summed E-state index contributed by atoms with van der Waals surface area (Å²) in [5.41, 5.74) is 1.01. The van der Waals surface area contributed by atoms with Crippen molar-refractivity contribution >= 4 is 6.09 Å². The molecule has 1 aliphatic rings. The van der Waals surface area contributed by atoms with E-state index in [1.165, 1.54) is 6.42 Å². The second-order valence-corrected chi connectivity index (χ2v) is 4.62. The molecule has 0 spiro atoms. The molecule has 0 bridgehead atoms. The molecule has 18 heavy (non-hydrogen) atoms. The number of piperidine rings is 1. The van der Waals surface area contributed by atoms with Crippen LogP contribution >= 0.6 is 0 Å². The Morgan fingerprint density at radius 3 is 2.83 bits per heavy atom. The van der Waals surface area contributed by atoms with Gasteiger partial charge in [0.25, 0.3) is 0 Å². The molecule has 0 aromatic heterocycles. The van der Waals surface area contributed by atoms with Crippen LogP contribution in [0.3, 0.4) is 0 Å². The molecular formula is C14H20N2O2. The highest BCUT2D eigenvalue weighted by Gasteiger charge is 2.22. The molecule has 1 saturated heterocycles. The summed E-state index contributed by atoms with van der Waals surface area (Å²) in [4.78, 5) is 13.5. The molecule has 0 radical (unpaired) electrons. The number of rotatable bonds is 3. The third-order valence-electron chi connectivity index (χ3n) is 3.24. The summed E-state index contributed by atoms with van der Waals surface area (Å²) in [6, 6.07) is 9.73. The van der Waals surface area contributed by atoms with Gasteiger partial charge in [0.2, 0.25) is 0 Å². The first-order valence-corrected chi connectivity index (χ1v) is 6.44. The van der Waals surface area contributed by atoms with E-state index in [2.05, 4.69) is 5.32 Å². The number of carbonyl (C=O) groups is 1. The summed E-state index contributed by atoms with van der Waals surface area (Å²) in [7, 11) is 1.79. The predicted molar refractivity (Wildman–Crippen MR) is 70.0 cm³/mol. The Kier molecular flexibility index (Phi) is 4.59. The molecule has 0 aliphatic carbocycles. The smallest absolute Gasteiger partial charge is 0.411 e. The molecule has 4 nitrogen and oxygen atoms in total. The molecule has 1 fully saturated rings. The molecule has 1 heterocycles. The predicted octanol–water partition coefficient (Wildman–Crippen LogP) is 2.35. The quantitative estimate of drug-likeness (QED) is 0.892. The van der Waals surface area contributed by atoms with Gasteiger partial charge in [-0.2, -0.15) is 0 Å². The van der Waals surface area contributed by atoms with Gasteiger partial charge in [-0.25, -0.2) is 4.79 Å². The van der Waals surface area contributed by atoms with Crippen molar-refractivity contribution in [3.63, 3.8) is 0 Å². The number of ether oxygens (including phenoxy) is 1. The Morgan fingerprint density at radius 2 is 2.17 bits per heavy atom. The van der Waals surface area contributed by atoms with Crippen LogP contribution in [0.5, 0.6) is 0 Å². The van der Waals surface area contributed by atoms with E-state index in [1.807, 2.05) is 30.3 Å². The first-order valence-electron chi connectivity index (χ1n) is 6.44. The summed E-state index contributed by atoms with van der Waals surface area (Å²) in [6.07, 6.45) is 3.19. The Balaban J connectivity index is 1.80. The van der Waals surface area contributed by atoms with E-state index in [0.717, 1.165) is 24.9 Å². The first-order chi connectivity index (χ1) is 8.77. The van der Waals surface area contributed by atoms with Crippen molar-refractivity contribution in [3.8, 4) is 0 Å². The average molecular weight is 248 g/mol. The van der Waals surface area contributed by atoms with Crippen LogP contribution < -0.4 is 5.32 Å². The molecule has 1 amide bonds. The maximum Gasteiger partial charge on any atom is 0.411 e. The number of nitrogens with one attached hydrogen (secondary N) is 1. The van der Waals surface area contributed by atoms with Gasteiger partial charge in [0.1, 0.15) is 6.61 Å². The maximum absolute atomic E-state index is 11.9. The normalized spacial score (nSPS) is 19.3. The van der Waals surface area contributed by atoms with E-state index in [1.54, 1.807) is 11.9 Å². The van der Waals surface area contributed by atoms with Crippen molar-refractivity contribution in [2.45, 2.75) is 32.0 Å². The van der Waals surface area contributed by atoms with Gasteiger partial charge in [-0.1, -0.05) is 30.3 Å². The average Bonchev–Trinajstić information content (AvgIpc) is 2.46. The molecule has 1 unspecified atom stereocenters. The fourth-order valence-electron chi connectivity index (χ4n) is 2.11. The largest absolute Gasteiger partial charge is 0.445 e. The third kappa shape index (κ3) is 3.47. The van der Waals surface area contributed by atoms with Gasteiger partial charge in [0.15, 0.2) is 0 Å². The molecule has 0 saturated carbocycles. The van der Waals surface area contributed by atoms with Crippen molar-refractivity contribution in [1.29, 1.82) is 0 Å². The molecule has 1 N–H and O–H groups in total. The molecule has 1 atom stereocenters. The number of hydrogen-bond acceptors (Lipinski definition) is 3. The van der Waals surface area contributed by atoms with Gasteiger partial charge >= 0.3 is 6.09 Å². The van der Waals surface area contributed by atoms with E-state index in [9.17, 15) is 4.79 Å². The summed E-state index contributed by atoms with van der Waals surface area (Å²) >= 11 is 0. The van der Waals surface area contributed by atoms with Gasteiger partial charge in [-0.05, 0) is 31.4 Å². The second kappa shape index (κ2) is 6.40. The van der Waals surface area contributed by atoms with Crippen LogP contribution in [0.2, 0.25) is 0 Å². The molecule has 1 aromatic carbocycles. The Bertz CT molecular complexity index is 375. The minimum atomic E-state index is -0.266. The lowest BCUT2D eigenvalue weighted by atomic mass is 10.1. The summed E-state index contributed by atoms with van der Waals surface area (Å²) < 4.78 is 5.29. The SMILES string of the molecule is CN(C(=O)OCc1ccccc1)C1CCCCN1. The Labute approximate surface area is 108 Å².